The third-order valence-corrected chi connectivity index (χ3v) is 3.13. The molecule has 0 unspecified atom stereocenters. The molecule has 0 aromatic rings. The minimum absolute atomic E-state index is 0.0315. The summed E-state index contributed by atoms with van der Waals surface area (Å²) in [5.41, 5.74) is 0. The van der Waals surface area contributed by atoms with Gasteiger partial charge in [0.25, 0.3) is 0 Å². The van der Waals surface area contributed by atoms with Crippen molar-refractivity contribution in [2.24, 2.45) is 0 Å². The second kappa shape index (κ2) is 6.59. The first-order chi connectivity index (χ1) is 8.06. The SMILES string of the molecule is CCN(CC(=O)N(C)C)C(=O)[C@@H]1CCCCN1. The first kappa shape index (κ1) is 14.0. The van der Waals surface area contributed by atoms with Gasteiger partial charge < -0.3 is 15.1 Å². The van der Waals surface area contributed by atoms with E-state index in [-0.39, 0.29) is 24.4 Å². The molecule has 2 amide bonds. The molecule has 0 radical (unpaired) electrons. The lowest BCUT2D eigenvalue weighted by molar-refractivity contribution is -0.140. The zero-order valence-electron chi connectivity index (χ0n) is 11.0. The zero-order chi connectivity index (χ0) is 12.8. The molecule has 1 atom stereocenters. The minimum atomic E-state index is -0.0985. The molecule has 1 aliphatic rings. The van der Waals surface area contributed by atoms with E-state index in [4.69, 9.17) is 0 Å². The largest absolute Gasteiger partial charge is 0.347 e. The average molecular weight is 241 g/mol. The highest BCUT2D eigenvalue weighted by atomic mass is 16.2. The Morgan fingerprint density at radius 1 is 1.29 bits per heavy atom. The molecule has 1 N–H and O–H groups in total. The first-order valence-corrected chi connectivity index (χ1v) is 6.28. The van der Waals surface area contributed by atoms with Crippen LogP contribution in [0.1, 0.15) is 26.2 Å². The van der Waals surface area contributed by atoms with E-state index in [0.717, 1.165) is 25.8 Å². The summed E-state index contributed by atoms with van der Waals surface area (Å²) >= 11 is 0. The average Bonchev–Trinajstić information content (AvgIpc) is 2.35. The van der Waals surface area contributed by atoms with Crippen molar-refractivity contribution in [3.63, 3.8) is 0 Å². The Labute approximate surface area is 103 Å². The number of rotatable bonds is 4. The van der Waals surface area contributed by atoms with Crippen LogP contribution in [-0.4, -0.2) is 61.4 Å². The molecule has 0 aliphatic carbocycles. The van der Waals surface area contributed by atoms with Gasteiger partial charge in [-0.3, -0.25) is 9.59 Å². The fourth-order valence-corrected chi connectivity index (χ4v) is 1.93. The topological polar surface area (TPSA) is 52.7 Å². The van der Waals surface area contributed by atoms with Crippen molar-refractivity contribution >= 4 is 11.8 Å². The van der Waals surface area contributed by atoms with Gasteiger partial charge in [-0.25, -0.2) is 0 Å². The summed E-state index contributed by atoms with van der Waals surface area (Å²) in [6, 6.07) is -0.0985. The molecule has 1 aliphatic heterocycles. The van der Waals surface area contributed by atoms with Gasteiger partial charge in [-0.1, -0.05) is 6.42 Å². The Hall–Kier alpha value is -1.10. The van der Waals surface area contributed by atoms with Gasteiger partial charge in [0.15, 0.2) is 0 Å². The second-order valence-electron chi connectivity index (χ2n) is 4.64. The van der Waals surface area contributed by atoms with Crippen LogP contribution in [0.4, 0.5) is 0 Å². The van der Waals surface area contributed by atoms with Crippen LogP contribution in [0, 0.1) is 0 Å². The summed E-state index contributed by atoms with van der Waals surface area (Å²) in [5, 5.41) is 3.22. The predicted molar refractivity (Wildman–Crippen MR) is 66.6 cm³/mol. The Balaban J connectivity index is 2.53. The van der Waals surface area contributed by atoms with Crippen molar-refractivity contribution in [1.82, 2.24) is 15.1 Å². The van der Waals surface area contributed by atoms with E-state index in [1.54, 1.807) is 19.0 Å². The summed E-state index contributed by atoms with van der Waals surface area (Å²) in [6.07, 6.45) is 3.10. The maximum Gasteiger partial charge on any atom is 0.241 e. The maximum atomic E-state index is 12.2. The van der Waals surface area contributed by atoms with Gasteiger partial charge >= 0.3 is 0 Å². The molecule has 1 rings (SSSR count). The summed E-state index contributed by atoms with van der Waals surface area (Å²) in [7, 11) is 3.42. The van der Waals surface area contributed by atoms with Crippen molar-refractivity contribution in [2.75, 3.05) is 33.7 Å². The van der Waals surface area contributed by atoms with Gasteiger partial charge in [0.05, 0.1) is 12.6 Å². The fraction of sp³-hybridized carbons (Fsp3) is 0.833. The molecule has 0 saturated carbocycles. The molecule has 0 bridgehead atoms. The summed E-state index contributed by atoms with van der Waals surface area (Å²) < 4.78 is 0. The van der Waals surface area contributed by atoms with Crippen molar-refractivity contribution in [3.05, 3.63) is 0 Å². The smallest absolute Gasteiger partial charge is 0.241 e. The van der Waals surface area contributed by atoms with Crippen LogP contribution >= 0.6 is 0 Å². The Morgan fingerprint density at radius 2 is 2.00 bits per heavy atom. The number of amides is 2. The molecule has 1 saturated heterocycles. The predicted octanol–water partition coefficient (Wildman–Crippen LogP) is 0.0652. The second-order valence-corrected chi connectivity index (χ2v) is 4.64. The standard InChI is InChI=1S/C12H23N3O2/c1-4-15(9-11(16)14(2)3)12(17)10-7-5-6-8-13-10/h10,13H,4-9H2,1-3H3/t10-/m0/s1. The van der Waals surface area contributed by atoms with Crippen LogP contribution in [0.15, 0.2) is 0 Å². The van der Waals surface area contributed by atoms with E-state index < -0.39 is 0 Å². The van der Waals surface area contributed by atoms with Crippen molar-refractivity contribution in [3.8, 4) is 0 Å². The molecule has 5 heteroatoms. The Kier molecular flexibility index (Phi) is 5.41. The molecular formula is C12H23N3O2. The molecular weight excluding hydrogens is 218 g/mol. The van der Waals surface area contributed by atoms with Gasteiger partial charge in [0.1, 0.15) is 0 Å². The monoisotopic (exact) mass is 241 g/mol. The summed E-state index contributed by atoms with van der Waals surface area (Å²) in [4.78, 5) is 26.9. The van der Waals surface area contributed by atoms with Crippen LogP contribution in [0.5, 0.6) is 0 Å². The highest BCUT2D eigenvalue weighted by Crippen LogP contribution is 2.09. The van der Waals surface area contributed by atoms with Gasteiger partial charge in [-0.2, -0.15) is 0 Å². The van der Waals surface area contributed by atoms with E-state index in [2.05, 4.69) is 5.32 Å². The van der Waals surface area contributed by atoms with E-state index in [1.807, 2.05) is 6.92 Å². The van der Waals surface area contributed by atoms with Crippen molar-refractivity contribution in [1.29, 1.82) is 0 Å². The van der Waals surface area contributed by atoms with Crippen LogP contribution in [-0.2, 0) is 9.59 Å². The van der Waals surface area contributed by atoms with E-state index in [1.165, 1.54) is 4.90 Å². The Morgan fingerprint density at radius 3 is 2.47 bits per heavy atom. The lowest BCUT2D eigenvalue weighted by atomic mass is 10.0. The highest BCUT2D eigenvalue weighted by Gasteiger charge is 2.26. The van der Waals surface area contributed by atoms with E-state index in [9.17, 15) is 9.59 Å². The van der Waals surface area contributed by atoms with E-state index in [0.29, 0.717) is 6.54 Å². The number of carbonyl (C=O) groups is 2. The lowest BCUT2D eigenvalue weighted by Crippen LogP contribution is -2.50. The molecule has 17 heavy (non-hydrogen) atoms. The third-order valence-electron chi connectivity index (χ3n) is 3.13. The lowest BCUT2D eigenvalue weighted by Gasteiger charge is -2.29. The molecule has 0 spiro atoms. The van der Waals surface area contributed by atoms with Crippen LogP contribution < -0.4 is 5.32 Å². The molecule has 1 heterocycles. The van der Waals surface area contributed by atoms with Crippen LogP contribution in [0.25, 0.3) is 0 Å². The maximum absolute atomic E-state index is 12.2. The van der Waals surface area contributed by atoms with Gasteiger partial charge in [-0.15, -0.1) is 0 Å². The van der Waals surface area contributed by atoms with Gasteiger partial charge in [0.2, 0.25) is 11.8 Å². The highest BCUT2D eigenvalue weighted by molar-refractivity contribution is 5.87. The number of carbonyl (C=O) groups excluding carboxylic acids is 2. The Bertz CT molecular complexity index is 273. The van der Waals surface area contributed by atoms with Crippen molar-refractivity contribution < 1.29 is 9.59 Å². The molecule has 5 nitrogen and oxygen atoms in total. The fourth-order valence-electron chi connectivity index (χ4n) is 1.93. The first-order valence-electron chi connectivity index (χ1n) is 6.28. The number of likely N-dealkylation sites (N-methyl/N-ethyl adjacent to an activating group) is 2. The normalized spacial score (nSPS) is 19.8. The molecule has 0 aromatic heterocycles. The number of hydrogen-bond donors (Lipinski definition) is 1. The van der Waals surface area contributed by atoms with E-state index >= 15 is 0 Å². The third kappa shape index (κ3) is 4.00. The van der Waals surface area contributed by atoms with Gasteiger partial charge in [0, 0.05) is 20.6 Å². The van der Waals surface area contributed by atoms with Crippen molar-refractivity contribution in [2.45, 2.75) is 32.2 Å². The number of nitrogens with zero attached hydrogens (tertiary/aromatic N) is 2. The van der Waals surface area contributed by atoms with Crippen LogP contribution in [0.2, 0.25) is 0 Å². The minimum Gasteiger partial charge on any atom is -0.347 e. The number of piperidine rings is 1. The quantitative estimate of drug-likeness (QED) is 0.757. The summed E-state index contributed by atoms with van der Waals surface area (Å²) in [6.45, 7) is 3.57. The zero-order valence-corrected chi connectivity index (χ0v) is 11.0. The number of hydrogen-bond acceptors (Lipinski definition) is 3. The summed E-state index contributed by atoms with van der Waals surface area (Å²) in [5.74, 6) is 0.0263. The molecule has 98 valence electrons. The number of nitrogens with one attached hydrogen (secondary N) is 1. The molecule has 0 aromatic carbocycles. The van der Waals surface area contributed by atoms with Crippen LogP contribution in [0.3, 0.4) is 0 Å². The molecule has 1 fully saturated rings. The van der Waals surface area contributed by atoms with Gasteiger partial charge in [-0.05, 0) is 26.3 Å².